The van der Waals surface area contributed by atoms with Crippen LogP contribution < -0.4 is 0 Å². The molecule has 0 aromatic carbocycles. The second-order valence-electron chi connectivity index (χ2n) is 2.75. The third-order valence-electron chi connectivity index (χ3n) is 1.65. The Morgan fingerprint density at radius 3 is 1.36 bits per heavy atom. The van der Waals surface area contributed by atoms with E-state index in [4.69, 9.17) is 24.4 Å². The van der Waals surface area contributed by atoms with E-state index in [0.29, 0.717) is 0 Å². The molecule has 2 aromatic rings. The summed E-state index contributed by atoms with van der Waals surface area (Å²) in [6.45, 7) is 0. The van der Waals surface area contributed by atoms with Crippen molar-refractivity contribution in [1.29, 1.82) is 0 Å². The van der Waals surface area contributed by atoms with Gasteiger partial charge in [0.05, 0.1) is 0 Å². The highest BCUT2D eigenvalue weighted by Gasteiger charge is 1.77. The van der Waals surface area contributed by atoms with E-state index in [1.165, 1.54) is 0 Å². The Morgan fingerprint density at radius 2 is 1.29 bits per heavy atom. The monoisotopic (exact) mass is 228 g/mol. The number of nitrogens with one attached hydrogen (secondary N) is 2. The van der Waals surface area contributed by atoms with E-state index in [1.807, 2.05) is 48.0 Å². The first kappa shape index (κ1) is 10.9. The molecule has 14 heavy (non-hydrogen) atoms. The fourth-order valence-corrected chi connectivity index (χ4v) is 1.04. The predicted octanol–water partition coefficient (Wildman–Crippen LogP) is 2.17. The predicted molar refractivity (Wildman–Crippen MR) is 61.2 cm³/mol. The lowest BCUT2D eigenvalue weighted by molar-refractivity contribution is 0.894. The molecule has 4 nitrogen and oxygen atoms in total. The summed E-state index contributed by atoms with van der Waals surface area (Å²) in [7, 11) is 3.80. The summed E-state index contributed by atoms with van der Waals surface area (Å²) in [6, 6.07) is 0. The van der Waals surface area contributed by atoms with Crippen LogP contribution in [-0.4, -0.2) is 19.1 Å². The molecule has 0 saturated heterocycles. The number of hydrogen-bond acceptors (Lipinski definition) is 2. The number of H-pyrrole nitrogens is 2. The molecule has 0 aliphatic rings. The molecule has 2 rings (SSSR count). The molecule has 0 unspecified atom stereocenters. The summed E-state index contributed by atoms with van der Waals surface area (Å²) < 4.78 is 5.21. The van der Waals surface area contributed by atoms with Crippen LogP contribution in [0.2, 0.25) is 0 Å². The lowest BCUT2D eigenvalue weighted by Gasteiger charge is -1.79. The lowest BCUT2D eigenvalue weighted by atomic mass is 10.9. The molecule has 0 bridgehead atoms. The van der Waals surface area contributed by atoms with E-state index in [1.54, 1.807) is 0 Å². The Hall–Kier alpha value is -1.14. The fourth-order valence-electron chi connectivity index (χ4n) is 0.780. The zero-order chi connectivity index (χ0) is 10.6. The number of aromatic amines is 2. The maximum absolute atomic E-state index is 4.79. The maximum Gasteiger partial charge on any atom is 0.176 e. The van der Waals surface area contributed by atoms with Gasteiger partial charge in [-0.15, -0.1) is 0 Å². The van der Waals surface area contributed by atoms with Gasteiger partial charge in [0.2, 0.25) is 0 Å². The van der Waals surface area contributed by atoms with Gasteiger partial charge in [0.25, 0.3) is 0 Å². The summed E-state index contributed by atoms with van der Waals surface area (Å²) in [4.78, 5) is 5.69. The van der Waals surface area contributed by atoms with E-state index in [-0.39, 0.29) is 0 Å². The molecule has 0 aliphatic heterocycles. The molecule has 2 aromatic heterocycles. The van der Waals surface area contributed by atoms with Crippen LogP contribution in [0.15, 0.2) is 24.8 Å². The SMILES string of the molecule is Cn1cc[nH]c1=S.Cn1cc[nH]c1=S. The van der Waals surface area contributed by atoms with Crippen molar-refractivity contribution in [3.05, 3.63) is 34.3 Å². The van der Waals surface area contributed by atoms with Crippen LogP contribution in [0.1, 0.15) is 0 Å². The first-order chi connectivity index (χ1) is 6.61. The average molecular weight is 228 g/mol. The van der Waals surface area contributed by atoms with Gasteiger partial charge < -0.3 is 19.1 Å². The molecule has 0 aliphatic carbocycles. The van der Waals surface area contributed by atoms with Crippen LogP contribution in [-0.2, 0) is 14.1 Å². The van der Waals surface area contributed by atoms with Gasteiger partial charge in [-0.3, -0.25) is 0 Å². The van der Waals surface area contributed by atoms with Gasteiger partial charge in [-0.25, -0.2) is 0 Å². The van der Waals surface area contributed by atoms with Crippen molar-refractivity contribution in [2.75, 3.05) is 0 Å². The van der Waals surface area contributed by atoms with Crippen molar-refractivity contribution < 1.29 is 0 Å². The van der Waals surface area contributed by atoms with E-state index >= 15 is 0 Å². The van der Waals surface area contributed by atoms with Gasteiger partial charge in [-0.2, -0.15) is 0 Å². The maximum atomic E-state index is 4.79. The number of rotatable bonds is 0. The molecule has 0 saturated carbocycles. The van der Waals surface area contributed by atoms with Crippen LogP contribution in [0, 0.1) is 9.54 Å². The number of imidazole rings is 2. The zero-order valence-electron chi connectivity index (χ0n) is 8.02. The van der Waals surface area contributed by atoms with Crippen LogP contribution >= 0.6 is 24.4 Å². The molecular formula is C8H12N4S2. The Balaban J connectivity index is 0.000000140. The molecule has 0 spiro atoms. The van der Waals surface area contributed by atoms with Crippen molar-refractivity contribution in [3.63, 3.8) is 0 Å². The first-order valence-corrected chi connectivity index (χ1v) is 4.83. The summed E-state index contributed by atoms with van der Waals surface area (Å²) in [5, 5.41) is 0. The smallest absolute Gasteiger partial charge is 0.176 e. The first-order valence-electron chi connectivity index (χ1n) is 4.01. The Morgan fingerprint density at radius 1 is 0.929 bits per heavy atom. The molecule has 0 amide bonds. The molecule has 0 fully saturated rings. The van der Waals surface area contributed by atoms with Gasteiger partial charge >= 0.3 is 0 Å². The quantitative estimate of drug-likeness (QED) is 0.678. The van der Waals surface area contributed by atoms with Crippen molar-refractivity contribution in [3.8, 4) is 0 Å². The normalized spacial score (nSPS) is 9.29. The number of aromatic nitrogens is 4. The van der Waals surface area contributed by atoms with E-state index in [0.717, 1.165) is 9.54 Å². The zero-order valence-corrected chi connectivity index (χ0v) is 9.65. The minimum absolute atomic E-state index is 0.764. The molecule has 0 atom stereocenters. The van der Waals surface area contributed by atoms with Crippen molar-refractivity contribution in [2.24, 2.45) is 14.1 Å². The molecule has 76 valence electrons. The van der Waals surface area contributed by atoms with Crippen molar-refractivity contribution in [1.82, 2.24) is 19.1 Å². The van der Waals surface area contributed by atoms with E-state index < -0.39 is 0 Å². The molecule has 2 N–H and O–H groups in total. The van der Waals surface area contributed by atoms with Gasteiger partial charge in [0.1, 0.15) is 0 Å². The summed E-state index contributed by atoms with van der Waals surface area (Å²) in [5.74, 6) is 0. The Kier molecular flexibility index (Phi) is 3.84. The standard InChI is InChI=1S/2C4H6N2S/c2*1-6-3-2-5-4(6)7/h2*2-3H,1H3,(H,5,7). The molecule has 6 heteroatoms. The van der Waals surface area contributed by atoms with Crippen LogP contribution in [0.4, 0.5) is 0 Å². The highest BCUT2D eigenvalue weighted by Crippen LogP contribution is 1.82. The van der Waals surface area contributed by atoms with Crippen LogP contribution in [0.3, 0.4) is 0 Å². The Bertz CT molecular complexity index is 441. The minimum atomic E-state index is 0.764. The number of nitrogens with zero attached hydrogens (tertiary/aromatic N) is 2. The topological polar surface area (TPSA) is 41.4 Å². The largest absolute Gasteiger partial charge is 0.337 e. The molecular weight excluding hydrogens is 216 g/mol. The summed E-state index contributed by atoms with van der Waals surface area (Å²) >= 11 is 9.59. The minimum Gasteiger partial charge on any atom is -0.337 e. The van der Waals surface area contributed by atoms with Crippen molar-refractivity contribution >= 4 is 24.4 Å². The van der Waals surface area contributed by atoms with E-state index in [2.05, 4.69) is 9.97 Å². The van der Waals surface area contributed by atoms with Gasteiger partial charge in [-0.1, -0.05) is 0 Å². The highest BCUT2D eigenvalue weighted by atomic mass is 32.1. The third kappa shape index (κ3) is 2.97. The second kappa shape index (κ2) is 4.92. The summed E-state index contributed by atoms with van der Waals surface area (Å²) in [6.07, 6.45) is 7.37. The van der Waals surface area contributed by atoms with Gasteiger partial charge in [-0.05, 0) is 24.4 Å². The Labute approximate surface area is 92.2 Å². The summed E-state index contributed by atoms with van der Waals surface area (Å²) in [5.41, 5.74) is 0. The second-order valence-corrected chi connectivity index (χ2v) is 3.53. The van der Waals surface area contributed by atoms with Gasteiger partial charge in [0.15, 0.2) is 9.54 Å². The molecule has 0 radical (unpaired) electrons. The number of aryl methyl sites for hydroxylation is 2. The van der Waals surface area contributed by atoms with Crippen molar-refractivity contribution in [2.45, 2.75) is 0 Å². The van der Waals surface area contributed by atoms with Gasteiger partial charge in [0, 0.05) is 38.9 Å². The van der Waals surface area contributed by atoms with Crippen LogP contribution in [0.5, 0.6) is 0 Å². The fraction of sp³-hybridized carbons (Fsp3) is 0.250. The molecule has 2 heterocycles. The van der Waals surface area contributed by atoms with Crippen LogP contribution in [0.25, 0.3) is 0 Å². The lowest BCUT2D eigenvalue weighted by Crippen LogP contribution is -1.81. The third-order valence-corrected chi connectivity index (χ3v) is 2.46. The number of hydrogen-bond donors (Lipinski definition) is 2. The average Bonchev–Trinajstić information content (AvgIpc) is 2.67. The highest BCUT2D eigenvalue weighted by molar-refractivity contribution is 7.71. The van der Waals surface area contributed by atoms with E-state index in [9.17, 15) is 0 Å².